The number of aromatic nitrogens is 2. The van der Waals surface area contributed by atoms with Crippen LogP contribution < -0.4 is 10.6 Å². The van der Waals surface area contributed by atoms with E-state index in [4.69, 9.17) is 21.1 Å². The van der Waals surface area contributed by atoms with E-state index in [1.165, 1.54) is 7.11 Å². The first-order valence-electron chi connectivity index (χ1n) is 8.41. The maximum atomic E-state index is 11.7. The molecule has 2 aromatic rings. The summed E-state index contributed by atoms with van der Waals surface area (Å²) in [5.41, 5.74) is 1.73. The Morgan fingerprint density at radius 3 is 2.96 bits per heavy atom. The number of carbonyl (C=O) groups excluding carboxylic acids is 1. The van der Waals surface area contributed by atoms with E-state index < -0.39 is 5.97 Å². The number of anilines is 3. The summed E-state index contributed by atoms with van der Waals surface area (Å²) in [6.45, 7) is 3.40. The van der Waals surface area contributed by atoms with E-state index in [2.05, 4.69) is 20.6 Å². The summed E-state index contributed by atoms with van der Waals surface area (Å²) in [6, 6.07) is 6.71. The maximum Gasteiger partial charge on any atom is 0.337 e. The lowest BCUT2D eigenvalue weighted by Gasteiger charge is -2.13. The van der Waals surface area contributed by atoms with E-state index in [1.54, 1.807) is 18.2 Å². The maximum absolute atomic E-state index is 11.7. The molecule has 1 unspecified atom stereocenters. The lowest BCUT2D eigenvalue weighted by molar-refractivity contribution is 0.0601. The van der Waals surface area contributed by atoms with Gasteiger partial charge in [0.05, 0.1) is 29.5 Å². The van der Waals surface area contributed by atoms with E-state index in [1.807, 2.05) is 13.0 Å². The Kier molecular flexibility index (Phi) is 5.90. The van der Waals surface area contributed by atoms with Gasteiger partial charge in [0, 0.05) is 24.9 Å². The number of ether oxygens (including phenoxy) is 2. The molecule has 138 valence electrons. The highest BCUT2D eigenvalue weighted by atomic mass is 35.5. The molecule has 7 nitrogen and oxygen atoms in total. The van der Waals surface area contributed by atoms with Gasteiger partial charge in [0.15, 0.2) is 0 Å². The minimum atomic E-state index is -0.436. The van der Waals surface area contributed by atoms with Crippen molar-refractivity contribution in [2.24, 2.45) is 0 Å². The highest BCUT2D eigenvalue weighted by Gasteiger charge is 2.16. The number of halogens is 1. The molecular formula is C18H21ClN4O3. The summed E-state index contributed by atoms with van der Waals surface area (Å²) in [7, 11) is 1.33. The minimum absolute atomic E-state index is 0.216. The fourth-order valence-electron chi connectivity index (χ4n) is 2.73. The predicted octanol–water partition coefficient (Wildman–Crippen LogP) is 3.56. The fraction of sp³-hybridized carbons (Fsp3) is 0.389. The van der Waals surface area contributed by atoms with Gasteiger partial charge in [-0.1, -0.05) is 11.6 Å². The number of benzene rings is 1. The molecule has 1 aromatic carbocycles. The minimum Gasteiger partial charge on any atom is -0.465 e. The van der Waals surface area contributed by atoms with Gasteiger partial charge in [-0.15, -0.1) is 0 Å². The zero-order valence-electron chi connectivity index (χ0n) is 14.7. The molecular weight excluding hydrogens is 356 g/mol. The summed E-state index contributed by atoms with van der Waals surface area (Å²) in [5, 5.41) is 6.81. The molecule has 26 heavy (non-hydrogen) atoms. The zero-order chi connectivity index (χ0) is 18.5. The third kappa shape index (κ3) is 4.62. The third-order valence-electron chi connectivity index (χ3n) is 4.02. The molecule has 0 aliphatic carbocycles. The van der Waals surface area contributed by atoms with Gasteiger partial charge in [-0.05, 0) is 38.0 Å². The highest BCUT2D eigenvalue weighted by molar-refractivity contribution is 6.33. The number of hydrogen-bond donors (Lipinski definition) is 2. The van der Waals surface area contributed by atoms with Crippen LogP contribution in [0.3, 0.4) is 0 Å². The van der Waals surface area contributed by atoms with Crippen LogP contribution in [0.15, 0.2) is 24.3 Å². The SMILES string of the molecule is COC(=O)c1ccc(Cl)c(Nc2nc(C)cc(NCC3CCCO3)n2)c1. The quantitative estimate of drug-likeness (QED) is 0.745. The van der Waals surface area contributed by atoms with E-state index >= 15 is 0 Å². The summed E-state index contributed by atoms with van der Waals surface area (Å²) in [5.74, 6) is 0.660. The van der Waals surface area contributed by atoms with Crippen molar-refractivity contribution in [3.8, 4) is 0 Å². The smallest absolute Gasteiger partial charge is 0.337 e. The van der Waals surface area contributed by atoms with Gasteiger partial charge in [0.1, 0.15) is 5.82 Å². The third-order valence-corrected chi connectivity index (χ3v) is 4.35. The lowest BCUT2D eigenvalue weighted by Crippen LogP contribution is -2.19. The van der Waals surface area contributed by atoms with Gasteiger partial charge in [0.2, 0.25) is 5.95 Å². The highest BCUT2D eigenvalue weighted by Crippen LogP contribution is 2.26. The molecule has 1 aromatic heterocycles. The Labute approximate surface area is 157 Å². The van der Waals surface area contributed by atoms with E-state index in [0.29, 0.717) is 34.6 Å². The number of carbonyl (C=O) groups is 1. The first-order valence-corrected chi connectivity index (χ1v) is 8.79. The van der Waals surface area contributed by atoms with Gasteiger partial charge in [-0.25, -0.2) is 9.78 Å². The lowest BCUT2D eigenvalue weighted by atomic mass is 10.2. The Bertz CT molecular complexity index is 794. The number of nitrogens with zero attached hydrogens (tertiary/aromatic N) is 2. The van der Waals surface area contributed by atoms with E-state index in [0.717, 1.165) is 25.1 Å². The number of rotatable bonds is 6. The number of esters is 1. The molecule has 0 amide bonds. The second-order valence-electron chi connectivity index (χ2n) is 6.05. The van der Waals surface area contributed by atoms with Crippen LogP contribution in [0, 0.1) is 6.92 Å². The fourth-order valence-corrected chi connectivity index (χ4v) is 2.89. The molecule has 1 aliphatic rings. The van der Waals surface area contributed by atoms with Crippen LogP contribution in [0.5, 0.6) is 0 Å². The second kappa shape index (κ2) is 8.33. The Balaban J connectivity index is 1.75. The molecule has 2 N–H and O–H groups in total. The van der Waals surface area contributed by atoms with Crippen LogP contribution in [0.2, 0.25) is 5.02 Å². The summed E-state index contributed by atoms with van der Waals surface area (Å²) >= 11 is 6.22. The van der Waals surface area contributed by atoms with Crippen molar-refractivity contribution < 1.29 is 14.3 Å². The van der Waals surface area contributed by atoms with Crippen LogP contribution >= 0.6 is 11.6 Å². The summed E-state index contributed by atoms with van der Waals surface area (Å²) in [4.78, 5) is 20.5. The zero-order valence-corrected chi connectivity index (χ0v) is 15.5. The van der Waals surface area contributed by atoms with Crippen molar-refractivity contribution in [1.29, 1.82) is 0 Å². The normalized spacial score (nSPS) is 16.3. The van der Waals surface area contributed by atoms with Crippen molar-refractivity contribution in [2.75, 3.05) is 30.9 Å². The largest absolute Gasteiger partial charge is 0.465 e. The Morgan fingerprint density at radius 2 is 2.23 bits per heavy atom. The Hall–Kier alpha value is -2.38. The standard InChI is InChI=1S/C18H21ClN4O3/c1-11-8-16(20-10-13-4-3-7-26-13)23-18(21-11)22-15-9-12(17(24)25-2)5-6-14(15)19/h5-6,8-9,13H,3-4,7,10H2,1-2H3,(H2,20,21,22,23). The number of methoxy groups -OCH3 is 1. The van der Waals surface area contributed by atoms with Gasteiger partial charge >= 0.3 is 5.97 Å². The molecule has 2 heterocycles. The van der Waals surface area contributed by atoms with Crippen molar-refractivity contribution in [3.05, 3.63) is 40.5 Å². The van der Waals surface area contributed by atoms with Crippen molar-refractivity contribution >= 4 is 35.0 Å². The second-order valence-corrected chi connectivity index (χ2v) is 6.45. The van der Waals surface area contributed by atoms with Crippen molar-refractivity contribution in [2.45, 2.75) is 25.9 Å². The van der Waals surface area contributed by atoms with Gasteiger partial charge in [0.25, 0.3) is 0 Å². The van der Waals surface area contributed by atoms with Crippen LogP contribution in [0.25, 0.3) is 0 Å². The molecule has 0 bridgehead atoms. The van der Waals surface area contributed by atoms with Gasteiger partial charge < -0.3 is 20.1 Å². The van der Waals surface area contributed by atoms with Gasteiger partial charge in [-0.3, -0.25) is 0 Å². The number of aryl methyl sites for hydroxylation is 1. The van der Waals surface area contributed by atoms with Crippen LogP contribution in [0.1, 0.15) is 28.9 Å². The first-order chi connectivity index (χ1) is 12.5. The van der Waals surface area contributed by atoms with Crippen LogP contribution in [0.4, 0.5) is 17.5 Å². The number of nitrogens with one attached hydrogen (secondary N) is 2. The van der Waals surface area contributed by atoms with Gasteiger partial charge in [-0.2, -0.15) is 4.98 Å². The molecule has 1 saturated heterocycles. The molecule has 1 atom stereocenters. The van der Waals surface area contributed by atoms with Crippen molar-refractivity contribution in [1.82, 2.24) is 9.97 Å². The molecule has 0 radical (unpaired) electrons. The summed E-state index contributed by atoms with van der Waals surface area (Å²) in [6.07, 6.45) is 2.36. The predicted molar refractivity (Wildman–Crippen MR) is 100 cm³/mol. The molecule has 1 fully saturated rings. The molecule has 0 saturated carbocycles. The average Bonchev–Trinajstić information content (AvgIpc) is 3.14. The topological polar surface area (TPSA) is 85.4 Å². The molecule has 0 spiro atoms. The summed E-state index contributed by atoms with van der Waals surface area (Å²) < 4.78 is 10.3. The molecule has 3 rings (SSSR count). The number of hydrogen-bond acceptors (Lipinski definition) is 7. The molecule has 8 heteroatoms. The monoisotopic (exact) mass is 376 g/mol. The van der Waals surface area contributed by atoms with Crippen molar-refractivity contribution in [3.63, 3.8) is 0 Å². The van der Waals surface area contributed by atoms with E-state index in [9.17, 15) is 4.79 Å². The van der Waals surface area contributed by atoms with E-state index in [-0.39, 0.29) is 6.10 Å². The average molecular weight is 377 g/mol. The first kappa shape index (κ1) is 18.4. The molecule has 1 aliphatic heterocycles. The van der Waals surface area contributed by atoms with Crippen LogP contribution in [-0.4, -0.2) is 42.3 Å². The van der Waals surface area contributed by atoms with Crippen LogP contribution in [-0.2, 0) is 9.47 Å². The Morgan fingerprint density at radius 1 is 1.38 bits per heavy atom.